The third kappa shape index (κ3) is 7.95. The van der Waals surface area contributed by atoms with Crippen molar-refractivity contribution in [3.05, 3.63) is 12.2 Å². The molecule has 1 unspecified atom stereocenters. The van der Waals surface area contributed by atoms with Gasteiger partial charge in [-0.2, -0.15) is 0 Å². The van der Waals surface area contributed by atoms with Crippen LogP contribution in [-0.4, -0.2) is 54.6 Å². The van der Waals surface area contributed by atoms with Crippen molar-refractivity contribution in [1.29, 1.82) is 0 Å². The van der Waals surface area contributed by atoms with Crippen molar-refractivity contribution in [2.45, 2.75) is 60.3 Å². The van der Waals surface area contributed by atoms with Gasteiger partial charge in [0.2, 0.25) is 11.8 Å². The van der Waals surface area contributed by atoms with Crippen LogP contribution in [0.4, 0.5) is 0 Å². The van der Waals surface area contributed by atoms with E-state index in [0.29, 0.717) is 32.2 Å². The average Bonchev–Trinajstić information content (AvgIpc) is 2.90. The fourth-order valence-electron chi connectivity index (χ4n) is 2.80. The van der Waals surface area contributed by atoms with Crippen LogP contribution in [0.3, 0.4) is 0 Å². The minimum atomic E-state index is 0. The topological polar surface area (TPSA) is 49.9 Å². The minimum absolute atomic E-state index is 0. The van der Waals surface area contributed by atoms with Crippen molar-refractivity contribution < 1.29 is 14.3 Å². The van der Waals surface area contributed by atoms with E-state index in [1.807, 2.05) is 18.7 Å². The maximum Gasteiger partial charge on any atom is 0.248 e. The summed E-state index contributed by atoms with van der Waals surface area (Å²) in [6, 6.07) is 0. The predicted molar refractivity (Wildman–Crippen MR) is 98.6 cm³/mol. The number of amides is 2. The smallest absolute Gasteiger partial charge is 0.248 e. The minimum Gasteiger partial charge on any atom is -0.357 e. The molecule has 2 aliphatic heterocycles. The summed E-state index contributed by atoms with van der Waals surface area (Å²) >= 11 is 0. The molecule has 0 aromatic carbocycles. The first-order valence-electron chi connectivity index (χ1n) is 8.98. The lowest BCUT2D eigenvalue weighted by Crippen LogP contribution is -2.31. The van der Waals surface area contributed by atoms with Crippen molar-refractivity contribution in [2.24, 2.45) is 5.92 Å². The molecule has 1 fully saturated rings. The van der Waals surface area contributed by atoms with E-state index in [1.54, 1.807) is 17.1 Å². The van der Waals surface area contributed by atoms with Gasteiger partial charge in [-0.1, -0.05) is 40.7 Å². The van der Waals surface area contributed by atoms with Gasteiger partial charge in [-0.3, -0.25) is 9.59 Å². The summed E-state index contributed by atoms with van der Waals surface area (Å²) in [5.41, 5.74) is 0. The Hall–Kier alpha value is -1.36. The molecular weight excluding hydrogens is 304 g/mol. The van der Waals surface area contributed by atoms with E-state index in [0.717, 1.165) is 38.8 Å². The number of hydrogen-bond donors (Lipinski definition) is 0. The molecular formula is C19H36N2O3. The van der Waals surface area contributed by atoms with Crippen LogP contribution >= 0.6 is 0 Å². The van der Waals surface area contributed by atoms with Gasteiger partial charge in [-0.15, -0.1) is 0 Å². The Morgan fingerprint density at radius 3 is 2.71 bits per heavy atom. The molecule has 0 N–H and O–H groups in total. The molecule has 0 bridgehead atoms. The first-order chi connectivity index (χ1) is 11.2. The number of unbranched alkanes of at least 4 members (excludes halogenated alkanes) is 2. The molecule has 0 radical (unpaired) electrons. The number of ether oxygens (including phenoxy) is 1. The Labute approximate surface area is 148 Å². The summed E-state index contributed by atoms with van der Waals surface area (Å²) < 4.78 is 5.31. The fraction of sp³-hybridized carbons (Fsp3) is 0.789. The average molecular weight is 341 g/mol. The van der Waals surface area contributed by atoms with Crippen LogP contribution in [-0.2, 0) is 14.3 Å². The van der Waals surface area contributed by atoms with Gasteiger partial charge in [0.1, 0.15) is 6.73 Å². The summed E-state index contributed by atoms with van der Waals surface area (Å²) in [4.78, 5) is 27.4. The molecule has 24 heavy (non-hydrogen) atoms. The number of hydrogen-bond acceptors (Lipinski definition) is 3. The number of rotatable bonds is 6. The zero-order chi connectivity index (χ0) is 17.1. The number of carbonyl (C=O) groups excluding carboxylic acids is 2. The van der Waals surface area contributed by atoms with Crippen LogP contribution in [0.1, 0.15) is 60.3 Å². The first-order valence-corrected chi connectivity index (χ1v) is 8.98. The lowest BCUT2D eigenvalue weighted by Gasteiger charge is -2.19. The van der Waals surface area contributed by atoms with E-state index in [-0.39, 0.29) is 19.2 Å². The van der Waals surface area contributed by atoms with Gasteiger partial charge in [-0.05, 0) is 25.2 Å². The molecule has 0 aliphatic carbocycles. The highest BCUT2D eigenvalue weighted by atomic mass is 16.5. The van der Waals surface area contributed by atoms with E-state index in [2.05, 4.69) is 6.92 Å². The summed E-state index contributed by atoms with van der Waals surface area (Å²) in [6.45, 7) is 9.62. The van der Waals surface area contributed by atoms with Crippen molar-refractivity contribution in [1.82, 2.24) is 9.80 Å². The van der Waals surface area contributed by atoms with Gasteiger partial charge < -0.3 is 14.5 Å². The number of nitrogens with zero attached hydrogens (tertiary/aromatic N) is 2. The highest BCUT2D eigenvalue weighted by molar-refractivity contribution is 5.87. The highest BCUT2D eigenvalue weighted by Crippen LogP contribution is 2.16. The fourth-order valence-corrected chi connectivity index (χ4v) is 2.80. The maximum atomic E-state index is 12.0. The van der Waals surface area contributed by atoms with Gasteiger partial charge in [0.25, 0.3) is 0 Å². The third-order valence-corrected chi connectivity index (χ3v) is 4.13. The molecule has 2 amide bonds. The molecule has 0 spiro atoms. The van der Waals surface area contributed by atoms with Crippen LogP contribution in [0, 0.1) is 5.92 Å². The molecule has 0 saturated carbocycles. The van der Waals surface area contributed by atoms with Crippen molar-refractivity contribution in [3.8, 4) is 0 Å². The summed E-state index contributed by atoms with van der Waals surface area (Å²) in [7, 11) is 0. The third-order valence-electron chi connectivity index (χ3n) is 4.13. The Balaban J connectivity index is 0.00000170. The Bertz CT molecular complexity index is 396. The summed E-state index contributed by atoms with van der Waals surface area (Å²) in [6.07, 6.45) is 7.90. The molecule has 1 saturated heterocycles. The predicted octanol–water partition coefficient (Wildman–Crippen LogP) is 3.45. The largest absolute Gasteiger partial charge is 0.357 e. The van der Waals surface area contributed by atoms with Crippen molar-refractivity contribution >= 4 is 11.8 Å². The van der Waals surface area contributed by atoms with Crippen molar-refractivity contribution in [3.63, 3.8) is 0 Å². The quantitative estimate of drug-likeness (QED) is 0.696. The molecule has 2 aliphatic rings. The molecule has 0 aromatic rings. The molecule has 2 rings (SSSR count). The van der Waals surface area contributed by atoms with Gasteiger partial charge >= 0.3 is 0 Å². The Kier molecular flexibility index (Phi) is 12.3. The normalized spacial score (nSPS) is 20.1. The second-order valence-corrected chi connectivity index (χ2v) is 6.05. The van der Waals surface area contributed by atoms with Gasteiger partial charge in [0, 0.05) is 32.1 Å². The van der Waals surface area contributed by atoms with Crippen LogP contribution in [0.2, 0.25) is 0 Å². The van der Waals surface area contributed by atoms with E-state index in [9.17, 15) is 9.59 Å². The van der Waals surface area contributed by atoms with Crippen LogP contribution < -0.4 is 0 Å². The second kappa shape index (κ2) is 13.0. The first kappa shape index (κ1) is 22.6. The Morgan fingerprint density at radius 2 is 2.04 bits per heavy atom. The molecule has 140 valence electrons. The SMILES string of the molecule is C.CC.CC1CCN(C(=O)CCCCCN2COCC=CC2=O)C1. The number of likely N-dealkylation sites (tertiary alicyclic amines) is 1. The van der Waals surface area contributed by atoms with E-state index >= 15 is 0 Å². The monoisotopic (exact) mass is 340 g/mol. The zero-order valence-corrected chi connectivity index (χ0v) is 14.9. The summed E-state index contributed by atoms with van der Waals surface area (Å²) in [5.74, 6) is 0.960. The summed E-state index contributed by atoms with van der Waals surface area (Å²) in [5, 5.41) is 0. The standard InChI is InChI=1S/C16H26N2O3.C2H6.CH4/c1-14-8-10-17(12-14)15(19)6-3-2-4-9-18-13-21-11-5-7-16(18)20;1-2;/h5,7,14H,2-4,6,8-13H2,1H3;1-2H3;1H4. The van der Waals surface area contributed by atoms with Crippen LogP contribution in [0.5, 0.6) is 0 Å². The van der Waals surface area contributed by atoms with E-state index in [1.165, 1.54) is 0 Å². The van der Waals surface area contributed by atoms with E-state index in [4.69, 9.17) is 4.74 Å². The van der Waals surface area contributed by atoms with Crippen molar-refractivity contribution in [2.75, 3.05) is 33.0 Å². The lowest BCUT2D eigenvalue weighted by molar-refractivity contribution is -0.131. The van der Waals surface area contributed by atoms with Gasteiger partial charge in [0.15, 0.2) is 0 Å². The maximum absolute atomic E-state index is 12.0. The lowest BCUT2D eigenvalue weighted by atomic mass is 10.1. The van der Waals surface area contributed by atoms with Gasteiger partial charge in [-0.25, -0.2) is 0 Å². The van der Waals surface area contributed by atoms with Gasteiger partial charge in [0.05, 0.1) is 6.61 Å². The zero-order valence-electron chi connectivity index (χ0n) is 14.9. The Morgan fingerprint density at radius 1 is 1.29 bits per heavy atom. The highest BCUT2D eigenvalue weighted by Gasteiger charge is 2.22. The molecule has 5 nitrogen and oxygen atoms in total. The number of carbonyl (C=O) groups is 2. The molecule has 0 aromatic heterocycles. The van der Waals surface area contributed by atoms with E-state index < -0.39 is 0 Å². The molecule has 1 atom stereocenters. The molecule has 2 heterocycles. The van der Waals surface area contributed by atoms with Crippen LogP contribution in [0.15, 0.2) is 12.2 Å². The molecule has 5 heteroatoms. The van der Waals surface area contributed by atoms with Crippen LogP contribution in [0.25, 0.3) is 0 Å². The second-order valence-electron chi connectivity index (χ2n) is 6.05.